The maximum absolute atomic E-state index is 13.0. The summed E-state index contributed by atoms with van der Waals surface area (Å²) in [5, 5.41) is 13.3. The fraction of sp³-hybridized carbons (Fsp3) is 0.364. The van der Waals surface area contributed by atoms with Crippen molar-refractivity contribution in [1.82, 2.24) is 5.32 Å². The molecular formula is C11H11FN2O3. The van der Waals surface area contributed by atoms with Gasteiger partial charge in [0, 0.05) is 12.1 Å². The van der Waals surface area contributed by atoms with Crippen molar-refractivity contribution in [2.24, 2.45) is 5.92 Å². The van der Waals surface area contributed by atoms with Gasteiger partial charge in [-0.1, -0.05) is 6.92 Å². The van der Waals surface area contributed by atoms with E-state index in [1.54, 1.807) is 0 Å². The summed E-state index contributed by atoms with van der Waals surface area (Å²) in [6.07, 6.45) is 0.856. The molecule has 0 radical (unpaired) electrons. The van der Waals surface area contributed by atoms with Crippen molar-refractivity contribution in [3.05, 3.63) is 39.7 Å². The van der Waals surface area contributed by atoms with Crippen molar-refractivity contribution in [3.8, 4) is 0 Å². The molecule has 6 heteroatoms. The van der Waals surface area contributed by atoms with E-state index in [0.29, 0.717) is 5.92 Å². The summed E-state index contributed by atoms with van der Waals surface area (Å²) < 4.78 is 13.0. The number of nitrogens with one attached hydrogen (secondary N) is 1. The number of hydrogen-bond acceptors (Lipinski definition) is 3. The van der Waals surface area contributed by atoms with E-state index in [4.69, 9.17) is 0 Å². The molecule has 1 fully saturated rings. The quantitative estimate of drug-likeness (QED) is 0.645. The third-order valence-corrected chi connectivity index (χ3v) is 2.83. The number of rotatable bonds is 3. The first-order valence-corrected chi connectivity index (χ1v) is 5.24. The van der Waals surface area contributed by atoms with E-state index in [2.05, 4.69) is 5.32 Å². The molecular weight excluding hydrogens is 227 g/mol. The summed E-state index contributed by atoms with van der Waals surface area (Å²) >= 11 is 0. The molecule has 1 saturated carbocycles. The summed E-state index contributed by atoms with van der Waals surface area (Å²) in [7, 11) is 0. The SMILES string of the molecule is CC1CC1NC(=O)c1cc(F)ccc1[N+](=O)[O-]. The molecule has 1 aromatic rings. The average molecular weight is 238 g/mol. The van der Waals surface area contributed by atoms with Crippen LogP contribution >= 0.6 is 0 Å². The maximum atomic E-state index is 13.0. The highest BCUT2D eigenvalue weighted by Gasteiger charge is 2.35. The van der Waals surface area contributed by atoms with E-state index in [-0.39, 0.29) is 17.3 Å². The van der Waals surface area contributed by atoms with E-state index >= 15 is 0 Å². The molecule has 0 aromatic heterocycles. The normalized spacial score (nSPS) is 22.0. The fourth-order valence-electron chi connectivity index (χ4n) is 1.62. The van der Waals surface area contributed by atoms with Crippen LogP contribution in [0.5, 0.6) is 0 Å². The monoisotopic (exact) mass is 238 g/mol. The molecule has 2 unspecified atom stereocenters. The van der Waals surface area contributed by atoms with Crippen LogP contribution in [0.3, 0.4) is 0 Å². The van der Waals surface area contributed by atoms with Gasteiger partial charge in [0.15, 0.2) is 0 Å². The zero-order valence-electron chi connectivity index (χ0n) is 9.14. The first-order valence-electron chi connectivity index (χ1n) is 5.24. The fourth-order valence-corrected chi connectivity index (χ4v) is 1.62. The summed E-state index contributed by atoms with van der Waals surface area (Å²) in [6, 6.07) is 2.90. The first kappa shape index (κ1) is 11.5. The zero-order chi connectivity index (χ0) is 12.6. The Morgan fingerprint density at radius 3 is 2.76 bits per heavy atom. The molecule has 0 heterocycles. The average Bonchev–Trinajstić information content (AvgIpc) is 2.93. The van der Waals surface area contributed by atoms with E-state index in [1.165, 1.54) is 0 Å². The first-order chi connectivity index (χ1) is 7.99. The molecule has 0 spiro atoms. The summed E-state index contributed by atoms with van der Waals surface area (Å²) in [5.74, 6) is -0.873. The number of carbonyl (C=O) groups excluding carboxylic acids is 1. The molecule has 1 aliphatic carbocycles. The summed E-state index contributed by atoms with van der Waals surface area (Å²) in [4.78, 5) is 21.8. The number of hydrogen-bond donors (Lipinski definition) is 1. The number of nitro groups is 1. The molecule has 90 valence electrons. The van der Waals surface area contributed by atoms with Crippen LogP contribution in [0.15, 0.2) is 18.2 Å². The van der Waals surface area contributed by atoms with Crippen LogP contribution in [0, 0.1) is 21.8 Å². The number of nitrogens with zero attached hydrogens (tertiary/aromatic N) is 1. The second-order valence-corrected chi connectivity index (χ2v) is 4.21. The highest BCUT2D eigenvalue weighted by molar-refractivity contribution is 5.98. The molecule has 2 atom stereocenters. The minimum absolute atomic E-state index is 0.0466. The number of carbonyl (C=O) groups is 1. The van der Waals surface area contributed by atoms with E-state index < -0.39 is 16.6 Å². The molecule has 17 heavy (non-hydrogen) atoms. The van der Waals surface area contributed by atoms with E-state index in [9.17, 15) is 19.3 Å². The third-order valence-electron chi connectivity index (χ3n) is 2.83. The molecule has 0 aliphatic heterocycles. The largest absolute Gasteiger partial charge is 0.349 e. The van der Waals surface area contributed by atoms with Gasteiger partial charge in [0.05, 0.1) is 4.92 Å². The van der Waals surface area contributed by atoms with Gasteiger partial charge in [-0.3, -0.25) is 14.9 Å². The Bertz CT molecular complexity index is 490. The van der Waals surface area contributed by atoms with Crippen LogP contribution in [-0.2, 0) is 0 Å². The Balaban J connectivity index is 2.26. The molecule has 1 aliphatic rings. The lowest BCUT2D eigenvalue weighted by Crippen LogP contribution is -2.27. The van der Waals surface area contributed by atoms with E-state index in [1.807, 2.05) is 6.92 Å². The Kier molecular flexibility index (Phi) is 2.79. The Morgan fingerprint density at radius 1 is 1.59 bits per heavy atom. The van der Waals surface area contributed by atoms with Crippen molar-refractivity contribution < 1.29 is 14.1 Å². The van der Waals surface area contributed by atoms with Gasteiger partial charge < -0.3 is 5.32 Å². The number of halogens is 1. The van der Waals surface area contributed by atoms with Gasteiger partial charge >= 0.3 is 0 Å². The van der Waals surface area contributed by atoms with Gasteiger partial charge in [-0.05, 0) is 24.5 Å². The predicted octanol–water partition coefficient (Wildman–Crippen LogP) is 1.87. The summed E-state index contributed by atoms with van der Waals surface area (Å²) in [5.41, 5.74) is -0.605. The highest BCUT2D eigenvalue weighted by Crippen LogP contribution is 2.30. The Labute approximate surface area is 96.8 Å². The van der Waals surface area contributed by atoms with Gasteiger partial charge in [0.25, 0.3) is 11.6 Å². The third kappa shape index (κ3) is 2.41. The van der Waals surface area contributed by atoms with Gasteiger partial charge in [-0.25, -0.2) is 4.39 Å². The molecule has 0 bridgehead atoms. The minimum Gasteiger partial charge on any atom is -0.349 e. The van der Waals surface area contributed by atoms with Crippen molar-refractivity contribution in [3.63, 3.8) is 0 Å². The Hall–Kier alpha value is -1.98. The van der Waals surface area contributed by atoms with E-state index in [0.717, 1.165) is 24.6 Å². The van der Waals surface area contributed by atoms with Crippen LogP contribution in [-0.4, -0.2) is 16.9 Å². The van der Waals surface area contributed by atoms with Crippen LogP contribution in [0.25, 0.3) is 0 Å². The lowest BCUT2D eigenvalue weighted by atomic mass is 10.1. The highest BCUT2D eigenvalue weighted by atomic mass is 19.1. The number of amides is 1. The second kappa shape index (κ2) is 4.12. The van der Waals surface area contributed by atoms with Crippen LogP contribution in [0.4, 0.5) is 10.1 Å². The lowest BCUT2D eigenvalue weighted by molar-refractivity contribution is -0.385. The van der Waals surface area contributed by atoms with Crippen molar-refractivity contribution >= 4 is 11.6 Å². The molecule has 1 aromatic carbocycles. The maximum Gasteiger partial charge on any atom is 0.282 e. The molecule has 1 N–H and O–H groups in total. The topological polar surface area (TPSA) is 72.2 Å². The van der Waals surface area contributed by atoms with Crippen molar-refractivity contribution in [2.75, 3.05) is 0 Å². The number of benzene rings is 1. The molecule has 1 amide bonds. The van der Waals surface area contributed by atoms with Crippen LogP contribution in [0.2, 0.25) is 0 Å². The standard InChI is InChI=1S/C11H11FN2O3/c1-6-4-9(6)13-11(15)8-5-7(12)2-3-10(8)14(16)17/h2-3,5-6,9H,4H2,1H3,(H,13,15). The van der Waals surface area contributed by atoms with Gasteiger partial charge in [-0.2, -0.15) is 0 Å². The lowest BCUT2D eigenvalue weighted by Gasteiger charge is -2.04. The summed E-state index contributed by atoms with van der Waals surface area (Å²) in [6.45, 7) is 1.96. The minimum atomic E-state index is -0.690. The molecule has 0 saturated heterocycles. The Morgan fingerprint density at radius 2 is 2.24 bits per heavy atom. The number of nitro benzene ring substituents is 1. The molecule has 2 rings (SSSR count). The van der Waals surface area contributed by atoms with Gasteiger partial charge in [0.2, 0.25) is 0 Å². The van der Waals surface area contributed by atoms with Crippen LogP contribution < -0.4 is 5.32 Å². The van der Waals surface area contributed by atoms with Crippen molar-refractivity contribution in [2.45, 2.75) is 19.4 Å². The zero-order valence-corrected chi connectivity index (χ0v) is 9.14. The molecule has 5 nitrogen and oxygen atoms in total. The van der Waals surface area contributed by atoms with Gasteiger partial charge in [0.1, 0.15) is 11.4 Å². The van der Waals surface area contributed by atoms with Crippen molar-refractivity contribution in [1.29, 1.82) is 0 Å². The van der Waals surface area contributed by atoms with Crippen LogP contribution in [0.1, 0.15) is 23.7 Å². The van der Waals surface area contributed by atoms with Gasteiger partial charge in [-0.15, -0.1) is 0 Å². The second-order valence-electron chi connectivity index (χ2n) is 4.21. The smallest absolute Gasteiger partial charge is 0.282 e. The predicted molar refractivity (Wildman–Crippen MR) is 58.1 cm³/mol.